The summed E-state index contributed by atoms with van der Waals surface area (Å²) in [6.45, 7) is 8.09. The van der Waals surface area contributed by atoms with E-state index in [4.69, 9.17) is 17.3 Å². The first-order valence-electron chi connectivity index (χ1n) is 6.57. The van der Waals surface area contributed by atoms with Crippen LogP contribution in [-0.4, -0.2) is 19.6 Å². The summed E-state index contributed by atoms with van der Waals surface area (Å²) in [5.41, 5.74) is 9.78. The van der Waals surface area contributed by atoms with E-state index in [2.05, 4.69) is 24.0 Å². The summed E-state index contributed by atoms with van der Waals surface area (Å²) < 4.78 is 3.88. The first-order valence-corrected chi connectivity index (χ1v) is 6.95. The van der Waals surface area contributed by atoms with Gasteiger partial charge in [0.2, 0.25) is 0 Å². The fourth-order valence-electron chi connectivity index (χ4n) is 2.16. The third kappa shape index (κ3) is 2.53. The Hall–Kier alpha value is -1.33. The van der Waals surface area contributed by atoms with Crippen molar-refractivity contribution < 1.29 is 0 Å². The molecule has 104 valence electrons. The molecule has 2 aromatic rings. The van der Waals surface area contributed by atoms with Crippen molar-refractivity contribution in [3.05, 3.63) is 33.9 Å². The largest absolute Gasteiger partial charge is 0.326 e. The molecule has 0 radical (unpaired) electrons. The number of hydrogen-bond donors (Lipinski definition) is 1. The fourth-order valence-corrected chi connectivity index (χ4v) is 2.48. The van der Waals surface area contributed by atoms with Crippen LogP contribution in [0.3, 0.4) is 0 Å². The minimum atomic E-state index is 0.507. The average Bonchev–Trinajstić information content (AvgIpc) is 2.92. The minimum absolute atomic E-state index is 0.507. The highest BCUT2D eigenvalue weighted by atomic mass is 35.5. The van der Waals surface area contributed by atoms with E-state index in [0.717, 1.165) is 40.6 Å². The second-order valence-electron chi connectivity index (χ2n) is 4.49. The zero-order valence-electron chi connectivity index (χ0n) is 11.6. The maximum atomic E-state index is 6.40. The Kier molecular flexibility index (Phi) is 4.27. The molecule has 0 saturated carbocycles. The molecule has 6 heteroatoms. The van der Waals surface area contributed by atoms with Crippen LogP contribution in [0.4, 0.5) is 0 Å². The summed E-state index contributed by atoms with van der Waals surface area (Å²) in [5, 5.41) is 9.65. The lowest BCUT2D eigenvalue weighted by atomic mass is 10.2. The molecule has 5 nitrogen and oxygen atoms in total. The number of halogens is 1. The van der Waals surface area contributed by atoms with E-state index in [1.165, 1.54) is 0 Å². The molecule has 2 rings (SSSR count). The van der Waals surface area contributed by atoms with Gasteiger partial charge in [0, 0.05) is 24.3 Å². The topological polar surface area (TPSA) is 61.7 Å². The smallest absolute Gasteiger partial charge is 0.0869 e. The molecule has 0 aliphatic carbocycles. The lowest BCUT2D eigenvalue weighted by molar-refractivity contribution is 0.567. The highest BCUT2D eigenvalue weighted by Gasteiger charge is 2.16. The third-order valence-corrected chi connectivity index (χ3v) is 3.85. The van der Waals surface area contributed by atoms with Crippen molar-refractivity contribution in [3.63, 3.8) is 0 Å². The quantitative estimate of drug-likeness (QED) is 0.913. The van der Waals surface area contributed by atoms with E-state index in [0.29, 0.717) is 13.1 Å². The van der Waals surface area contributed by atoms with Gasteiger partial charge >= 0.3 is 0 Å². The van der Waals surface area contributed by atoms with Crippen molar-refractivity contribution in [2.24, 2.45) is 5.73 Å². The summed E-state index contributed by atoms with van der Waals surface area (Å²) in [6, 6.07) is 0. The molecule has 0 aliphatic rings. The predicted molar refractivity (Wildman–Crippen MR) is 76.2 cm³/mol. The monoisotopic (exact) mass is 281 g/mol. The van der Waals surface area contributed by atoms with Crippen LogP contribution in [0.2, 0.25) is 5.02 Å². The SMILES string of the molecule is CCc1nn(CC)c(Cn2ncc(CN)c2C)c1Cl. The fraction of sp³-hybridized carbons (Fsp3) is 0.538. The molecule has 2 heterocycles. The Balaban J connectivity index is 2.37. The molecule has 2 N–H and O–H groups in total. The molecule has 0 spiro atoms. The number of nitrogens with zero attached hydrogens (tertiary/aromatic N) is 4. The number of hydrogen-bond acceptors (Lipinski definition) is 3. The van der Waals surface area contributed by atoms with Gasteiger partial charge in [0.05, 0.1) is 29.2 Å². The van der Waals surface area contributed by atoms with Crippen LogP contribution in [0.5, 0.6) is 0 Å². The van der Waals surface area contributed by atoms with Gasteiger partial charge in [-0.1, -0.05) is 18.5 Å². The summed E-state index contributed by atoms with van der Waals surface area (Å²) in [4.78, 5) is 0. The Labute approximate surface area is 118 Å². The van der Waals surface area contributed by atoms with E-state index in [9.17, 15) is 0 Å². The standard InChI is InChI=1S/C13H20ClN5/c1-4-11-13(14)12(18(5-2)17-11)8-19-9(3)10(6-15)7-16-19/h7H,4-6,8,15H2,1-3H3. The molecule has 0 bridgehead atoms. The van der Waals surface area contributed by atoms with E-state index in [1.54, 1.807) is 0 Å². The molecule has 0 aromatic carbocycles. The van der Waals surface area contributed by atoms with Crippen LogP contribution in [0.25, 0.3) is 0 Å². The average molecular weight is 282 g/mol. The first-order chi connectivity index (χ1) is 9.12. The molecule has 19 heavy (non-hydrogen) atoms. The number of rotatable bonds is 5. The molecule has 0 atom stereocenters. The van der Waals surface area contributed by atoms with Gasteiger partial charge in [0.1, 0.15) is 0 Å². The lowest BCUT2D eigenvalue weighted by Crippen LogP contribution is -2.11. The summed E-state index contributed by atoms with van der Waals surface area (Å²) in [6.07, 6.45) is 2.65. The molecule has 0 aliphatic heterocycles. The van der Waals surface area contributed by atoms with Gasteiger partial charge in [-0.25, -0.2) is 0 Å². The van der Waals surface area contributed by atoms with E-state index >= 15 is 0 Å². The zero-order valence-corrected chi connectivity index (χ0v) is 12.4. The van der Waals surface area contributed by atoms with Crippen molar-refractivity contribution in [2.45, 2.75) is 46.8 Å². The lowest BCUT2D eigenvalue weighted by Gasteiger charge is -2.08. The van der Waals surface area contributed by atoms with Gasteiger partial charge in [-0.3, -0.25) is 9.36 Å². The van der Waals surface area contributed by atoms with Crippen molar-refractivity contribution in [1.29, 1.82) is 0 Å². The minimum Gasteiger partial charge on any atom is -0.326 e. The number of aryl methyl sites for hydroxylation is 2. The highest BCUT2D eigenvalue weighted by molar-refractivity contribution is 6.31. The predicted octanol–water partition coefficient (Wildman–Crippen LogP) is 2.13. The van der Waals surface area contributed by atoms with Crippen LogP contribution in [0.1, 0.15) is 36.5 Å². The van der Waals surface area contributed by atoms with Gasteiger partial charge in [0.25, 0.3) is 0 Å². The maximum absolute atomic E-state index is 6.40. The van der Waals surface area contributed by atoms with Crippen LogP contribution in [0.15, 0.2) is 6.20 Å². The van der Waals surface area contributed by atoms with Crippen molar-refractivity contribution in [1.82, 2.24) is 19.6 Å². The van der Waals surface area contributed by atoms with Crippen LogP contribution in [0, 0.1) is 6.92 Å². The molecule has 0 unspecified atom stereocenters. The van der Waals surface area contributed by atoms with Crippen LogP contribution in [-0.2, 0) is 26.1 Å². The molecule has 0 amide bonds. The molecule has 2 aromatic heterocycles. The summed E-state index contributed by atoms with van der Waals surface area (Å²) in [5.74, 6) is 0. The van der Waals surface area contributed by atoms with Gasteiger partial charge < -0.3 is 5.73 Å². The molecule has 0 saturated heterocycles. The van der Waals surface area contributed by atoms with Gasteiger partial charge in [-0.05, 0) is 20.3 Å². The van der Waals surface area contributed by atoms with Gasteiger partial charge in [-0.2, -0.15) is 10.2 Å². The van der Waals surface area contributed by atoms with Gasteiger partial charge in [0.15, 0.2) is 0 Å². The summed E-state index contributed by atoms with van der Waals surface area (Å²) >= 11 is 6.40. The van der Waals surface area contributed by atoms with Crippen LogP contribution < -0.4 is 5.73 Å². The second kappa shape index (κ2) is 5.75. The van der Waals surface area contributed by atoms with Crippen molar-refractivity contribution >= 4 is 11.6 Å². The Bertz CT molecular complexity index is 570. The van der Waals surface area contributed by atoms with Gasteiger partial charge in [-0.15, -0.1) is 0 Å². The third-order valence-electron chi connectivity index (χ3n) is 3.42. The highest BCUT2D eigenvalue weighted by Crippen LogP contribution is 2.23. The number of nitrogens with two attached hydrogens (primary N) is 1. The Morgan fingerprint density at radius 1 is 1.32 bits per heavy atom. The molecular formula is C13H20ClN5. The van der Waals surface area contributed by atoms with Crippen molar-refractivity contribution in [2.75, 3.05) is 0 Å². The van der Waals surface area contributed by atoms with E-state index < -0.39 is 0 Å². The van der Waals surface area contributed by atoms with E-state index in [1.807, 2.05) is 22.5 Å². The maximum Gasteiger partial charge on any atom is 0.0869 e. The first kappa shape index (κ1) is 14.1. The normalized spacial score (nSPS) is 11.2. The Morgan fingerprint density at radius 3 is 2.58 bits per heavy atom. The molecular weight excluding hydrogens is 262 g/mol. The van der Waals surface area contributed by atoms with Crippen molar-refractivity contribution in [3.8, 4) is 0 Å². The van der Waals surface area contributed by atoms with E-state index in [-0.39, 0.29) is 0 Å². The van der Waals surface area contributed by atoms with Crippen LogP contribution >= 0.6 is 11.6 Å². The molecule has 0 fully saturated rings. The second-order valence-corrected chi connectivity index (χ2v) is 4.87. The summed E-state index contributed by atoms with van der Waals surface area (Å²) in [7, 11) is 0. The zero-order chi connectivity index (χ0) is 14.0. The number of aromatic nitrogens is 4. The Morgan fingerprint density at radius 2 is 2.05 bits per heavy atom.